The van der Waals surface area contributed by atoms with Gasteiger partial charge < -0.3 is 4.90 Å². The molecule has 1 amide bonds. The summed E-state index contributed by atoms with van der Waals surface area (Å²) >= 11 is 3.47. The number of nitrogens with zero attached hydrogens (tertiary/aromatic N) is 1. The van der Waals surface area contributed by atoms with E-state index in [2.05, 4.69) is 28.9 Å². The van der Waals surface area contributed by atoms with Crippen LogP contribution < -0.4 is 4.90 Å². The third kappa shape index (κ3) is 2.39. The van der Waals surface area contributed by atoms with Crippen molar-refractivity contribution in [2.75, 3.05) is 4.90 Å². The summed E-state index contributed by atoms with van der Waals surface area (Å²) in [5.41, 5.74) is 2.35. The van der Waals surface area contributed by atoms with Crippen molar-refractivity contribution in [2.45, 2.75) is 44.0 Å². The van der Waals surface area contributed by atoms with Crippen LogP contribution in [0.25, 0.3) is 0 Å². The van der Waals surface area contributed by atoms with Crippen LogP contribution in [0.2, 0.25) is 0 Å². The first kappa shape index (κ1) is 12.6. The largest absolute Gasteiger partial charge is 0.308 e. The number of alkyl halides is 1. The fraction of sp³-hybridized carbons (Fsp3) is 0.500. The van der Waals surface area contributed by atoms with Gasteiger partial charge in [0.15, 0.2) is 0 Å². The molecule has 1 heterocycles. The predicted molar refractivity (Wildman–Crippen MR) is 74.7 cm³/mol. The van der Waals surface area contributed by atoms with Crippen LogP contribution in [-0.4, -0.2) is 16.3 Å². The third-order valence-electron chi connectivity index (χ3n) is 3.25. The van der Waals surface area contributed by atoms with Gasteiger partial charge >= 0.3 is 0 Å². The molecule has 0 N–H and O–H groups in total. The fourth-order valence-electron chi connectivity index (χ4n) is 2.28. The number of carbonyl (C=O) groups is 1. The molecule has 0 fully saturated rings. The highest BCUT2D eigenvalue weighted by Gasteiger charge is 2.35. The normalized spacial score (nSPS) is 20.0. The van der Waals surface area contributed by atoms with Crippen molar-refractivity contribution in [3.05, 3.63) is 29.8 Å². The first-order valence-electron chi connectivity index (χ1n) is 6.02. The molecular weight excluding hydrogens is 278 g/mol. The van der Waals surface area contributed by atoms with Gasteiger partial charge in [-0.3, -0.25) is 4.79 Å². The second-order valence-electron chi connectivity index (χ2n) is 5.16. The topological polar surface area (TPSA) is 20.3 Å². The van der Waals surface area contributed by atoms with Crippen molar-refractivity contribution in [3.63, 3.8) is 0 Å². The van der Waals surface area contributed by atoms with Crippen molar-refractivity contribution >= 4 is 27.5 Å². The number of carbonyl (C=O) groups excluding carboxylic acids is 1. The summed E-state index contributed by atoms with van der Waals surface area (Å²) in [7, 11) is 0. The lowest BCUT2D eigenvalue weighted by Gasteiger charge is -2.38. The second-order valence-corrected chi connectivity index (χ2v) is 7.15. The molecule has 0 aliphatic carbocycles. The van der Waals surface area contributed by atoms with Gasteiger partial charge in [-0.15, -0.1) is 0 Å². The first-order valence-corrected chi connectivity index (χ1v) is 6.81. The van der Waals surface area contributed by atoms with Crippen molar-refractivity contribution < 1.29 is 4.79 Å². The lowest BCUT2D eigenvalue weighted by Crippen LogP contribution is -2.48. The van der Waals surface area contributed by atoms with Gasteiger partial charge in [0.05, 0.1) is 4.32 Å². The van der Waals surface area contributed by atoms with E-state index in [9.17, 15) is 4.79 Å². The van der Waals surface area contributed by atoms with Gasteiger partial charge in [0, 0.05) is 11.7 Å². The molecule has 0 radical (unpaired) electrons. The van der Waals surface area contributed by atoms with E-state index in [0.717, 1.165) is 18.5 Å². The molecule has 1 aliphatic rings. The van der Waals surface area contributed by atoms with E-state index in [4.69, 9.17) is 0 Å². The lowest BCUT2D eigenvalue weighted by atomic mass is 9.95. The van der Waals surface area contributed by atoms with Crippen LogP contribution in [0, 0.1) is 0 Å². The number of anilines is 1. The van der Waals surface area contributed by atoms with Gasteiger partial charge in [0.2, 0.25) is 5.91 Å². The predicted octanol–water partition coefficient (Wildman–Crippen LogP) is 3.53. The highest BCUT2D eigenvalue weighted by molar-refractivity contribution is 9.10. The quantitative estimate of drug-likeness (QED) is 0.726. The fourth-order valence-corrected chi connectivity index (χ4v) is 2.48. The minimum atomic E-state index is -0.508. The molecule has 92 valence electrons. The molecule has 3 heteroatoms. The number of rotatable bonds is 1. The summed E-state index contributed by atoms with van der Waals surface area (Å²) < 4.78 is -0.508. The van der Waals surface area contributed by atoms with Crippen molar-refractivity contribution in [2.24, 2.45) is 0 Å². The van der Waals surface area contributed by atoms with Crippen LogP contribution in [0.1, 0.15) is 32.8 Å². The minimum Gasteiger partial charge on any atom is -0.308 e. The van der Waals surface area contributed by atoms with E-state index in [1.54, 1.807) is 0 Å². The molecule has 1 unspecified atom stereocenters. The molecule has 1 aromatic carbocycles. The molecule has 1 atom stereocenters. The van der Waals surface area contributed by atoms with Crippen molar-refractivity contribution in [1.29, 1.82) is 0 Å². The Morgan fingerprint density at radius 1 is 1.41 bits per heavy atom. The zero-order valence-corrected chi connectivity index (χ0v) is 12.1. The average molecular weight is 296 g/mol. The lowest BCUT2D eigenvalue weighted by molar-refractivity contribution is -0.120. The smallest absolute Gasteiger partial charge is 0.243 e. The van der Waals surface area contributed by atoms with E-state index in [1.165, 1.54) is 5.56 Å². The Morgan fingerprint density at radius 3 is 2.71 bits per heavy atom. The van der Waals surface area contributed by atoms with E-state index >= 15 is 0 Å². The van der Waals surface area contributed by atoms with Crippen LogP contribution >= 0.6 is 15.9 Å². The van der Waals surface area contributed by atoms with E-state index in [-0.39, 0.29) is 11.9 Å². The van der Waals surface area contributed by atoms with Crippen LogP contribution in [-0.2, 0) is 11.2 Å². The second kappa shape index (κ2) is 4.45. The molecule has 0 aromatic heterocycles. The van der Waals surface area contributed by atoms with Gasteiger partial charge in [0.1, 0.15) is 0 Å². The van der Waals surface area contributed by atoms with Crippen LogP contribution in [0.5, 0.6) is 0 Å². The van der Waals surface area contributed by atoms with Crippen LogP contribution in [0.3, 0.4) is 0 Å². The van der Waals surface area contributed by atoms with Gasteiger partial charge in [-0.25, -0.2) is 0 Å². The average Bonchev–Trinajstić information content (AvgIpc) is 2.27. The molecule has 2 rings (SSSR count). The maximum Gasteiger partial charge on any atom is 0.243 e. The number of fused-ring (bicyclic) bond motifs is 1. The maximum atomic E-state index is 12.5. The standard InChI is InChI=1S/C14H18BrNO/c1-10-8-9-11-6-4-5-7-12(11)16(10)13(17)14(2,3)15/h4-7,10H,8-9H2,1-3H3. The van der Waals surface area contributed by atoms with E-state index in [1.807, 2.05) is 36.9 Å². The van der Waals surface area contributed by atoms with Gasteiger partial charge in [-0.2, -0.15) is 0 Å². The molecule has 0 saturated carbocycles. The highest BCUT2D eigenvalue weighted by atomic mass is 79.9. The first-order chi connectivity index (χ1) is 7.91. The Labute approximate surface area is 111 Å². The molecule has 0 bridgehead atoms. The summed E-state index contributed by atoms with van der Waals surface area (Å²) in [5, 5.41) is 0. The number of benzene rings is 1. The Hall–Kier alpha value is -0.830. The zero-order chi connectivity index (χ0) is 12.6. The summed E-state index contributed by atoms with van der Waals surface area (Å²) in [5.74, 6) is 0.136. The van der Waals surface area contributed by atoms with Gasteiger partial charge in [-0.1, -0.05) is 34.1 Å². The molecule has 1 aliphatic heterocycles. The summed E-state index contributed by atoms with van der Waals surface area (Å²) in [6.07, 6.45) is 2.09. The minimum absolute atomic E-state index is 0.136. The van der Waals surface area contributed by atoms with E-state index < -0.39 is 4.32 Å². The summed E-state index contributed by atoms with van der Waals surface area (Å²) in [6, 6.07) is 8.47. The monoisotopic (exact) mass is 295 g/mol. The van der Waals surface area contributed by atoms with Crippen LogP contribution in [0.15, 0.2) is 24.3 Å². The Kier molecular flexibility index (Phi) is 3.30. The van der Waals surface area contributed by atoms with Gasteiger partial charge in [-0.05, 0) is 45.2 Å². The van der Waals surface area contributed by atoms with Gasteiger partial charge in [0.25, 0.3) is 0 Å². The highest BCUT2D eigenvalue weighted by Crippen LogP contribution is 2.33. The number of hydrogen-bond acceptors (Lipinski definition) is 1. The number of amides is 1. The Morgan fingerprint density at radius 2 is 2.06 bits per heavy atom. The Bertz CT molecular complexity index is 436. The summed E-state index contributed by atoms with van der Waals surface area (Å²) in [4.78, 5) is 14.4. The zero-order valence-electron chi connectivity index (χ0n) is 10.5. The molecule has 0 spiro atoms. The molecule has 1 aromatic rings. The third-order valence-corrected chi connectivity index (χ3v) is 3.59. The number of aryl methyl sites for hydroxylation is 1. The SMILES string of the molecule is CC1CCc2ccccc2N1C(=O)C(C)(C)Br. The van der Waals surface area contributed by atoms with Crippen molar-refractivity contribution in [3.8, 4) is 0 Å². The molecule has 17 heavy (non-hydrogen) atoms. The molecule has 2 nitrogen and oxygen atoms in total. The Balaban J connectivity index is 2.43. The molecular formula is C14H18BrNO. The van der Waals surface area contributed by atoms with E-state index in [0.29, 0.717) is 0 Å². The van der Waals surface area contributed by atoms with Crippen LogP contribution in [0.4, 0.5) is 5.69 Å². The van der Waals surface area contributed by atoms with Crippen molar-refractivity contribution in [1.82, 2.24) is 0 Å². The number of para-hydroxylation sites is 1. The molecule has 0 saturated heterocycles. The maximum absolute atomic E-state index is 12.5. The summed E-state index contributed by atoms with van der Waals surface area (Å²) in [6.45, 7) is 5.92. The number of hydrogen-bond donors (Lipinski definition) is 0. The number of halogens is 1.